The highest BCUT2D eigenvalue weighted by atomic mass is 127. The molecule has 4 aliphatic heterocycles. The molecule has 2 atom stereocenters. The largest absolute Gasteiger partial charge is 0.416 e. The molecule has 284 valence electrons. The minimum atomic E-state index is -4.34. The van der Waals surface area contributed by atoms with Gasteiger partial charge in [0.25, 0.3) is 11.8 Å². The summed E-state index contributed by atoms with van der Waals surface area (Å²) in [5, 5.41) is 2.63. The van der Waals surface area contributed by atoms with E-state index in [2.05, 4.69) is 46.1 Å². The Hall–Kier alpha value is -3.70. The number of rotatable bonds is 6. The molecule has 4 heterocycles. The second kappa shape index (κ2) is 16.5. The molecule has 4 aliphatic rings. The summed E-state index contributed by atoms with van der Waals surface area (Å²) in [5.41, 5.74) is 3.92. The van der Waals surface area contributed by atoms with Crippen molar-refractivity contribution >= 4 is 46.2 Å². The van der Waals surface area contributed by atoms with E-state index in [1.165, 1.54) is 22.1 Å². The zero-order valence-corrected chi connectivity index (χ0v) is 31.0. The molecule has 6 rings (SSSR count). The van der Waals surface area contributed by atoms with Gasteiger partial charge in [-0.15, -0.1) is 0 Å². The van der Waals surface area contributed by atoms with Gasteiger partial charge in [0.15, 0.2) is 0 Å². The first kappa shape index (κ1) is 41.1. The standard InChI is InChI=1S/C18H20F2N2O2.C12H12F3NO.C6H8F2INO/c1-12-5-13(2)7-14(6-12)15-8-17(24)21(9-15)4-3-16(23)22-10-18(19,20)11-22;1-7-2-8(9-5-11(17)16-6-9)4-10(3-7)12(13,14)15;7-6(8)3-10(4-6)5(11)1-2-9/h3-7,15H,8-11H2,1-2H3;2-4,9H,5-6H2,1H3,(H,16,17);1-4H2/b4-3+;;. The summed E-state index contributed by atoms with van der Waals surface area (Å²) in [5.74, 6) is -6.27. The Morgan fingerprint density at radius 3 is 1.87 bits per heavy atom. The summed E-state index contributed by atoms with van der Waals surface area (Å²) < 4.78 is 88.5. The number of aryl methyl sites for hydroxylation is 3. The van der Waals surface area contributed by atoms with E-state index < -0.39 is 42.6 Å². The first-order valence-electron chi connectivity index (χ1n) is 16.5. The summed E-state index contributed by atoms with van der Waals surface area (Å²) in [7, 11) is 0. The maximum atomic E-state index is 12.8. The molecule has 0 radical (unpaired) electrons. The zero-order valence-electron chi connectivity index (χ0n) is 28.8. The third-order valence-electron chi connectivity index (χ3n) is 8.81. The van der Waals surface area contributed by atoms with E-state index in [9.17, 15) is 49.9 Å². The van der Waals surface area contributed by atoms with E-state index in [4.69, 9.17) is 0 Å². The average molecular weight is 853 g/mol. The molecule has 8 nitrogen and oxygen atoms in total. The van der Waals surface area contributed by atoms with Crippen molar-refractivity contribution in [2.75, 3.05) is 43.7 Å². The molecule has 0 aliphatic carbocycles. The second-order valence-corrected chi connectivity index (χ2v) is 14.7. The van der Waals surface area contributed by atoms with Crippen molar-refractivity contribution in [3.8, 4) is 0 Å². The van der Waals surface area contributed by atoms with Gasteiger partial charge in [-0.1, -0.05) is 63.5 Å². The zero-order chi connectivity index (χ0) is 38.6. The number of hydrogen-bond acceptors (Lipinski definition) is 4. The summed E-state index contributed by atoms with van der Waals surface area (Å²) in [6.07, 6.45) is -0.682. The molecular formula is C36H40F7IN4O4. The number of carbonyl (C=O) groups excluding carboxylic acids is 4. The first-order chi connectivity index (χ1) is 24.1. The van der Waals surface area contributed by atoms with E-state index in [0.29, 0.717) is 41.5 Å². The van der Waals surface area contributed by atoms with Gasteiger partial charge >= 0.3 is 6.18 Å². The topological polar surface area (TPSA) is 90.0 Å². The van der Waals surface area contributed by atoms with E-state index in [1.807, 2.05) is 13.8 Å². The lowest BCUT2D eigenvalue weighted by molar-refractivity contribution is -0.165. The molecule has 2 unspecified atom stereocenters. The number of benzene rings is 2. The normalized spacial score (nSPS) is 21.8. The fourth-order valence-electron chi connectivity index (χ4n) is 6.25. The first-order valence-corrected chi connectivity index (χ1v) is 18.1. The Morgan fingerprint density at radius 1 is 0.827 bits per heavy atom. The molecular weight excluding hydrogens is 812 g/mol. The highest BCUT2D eigenvalue weighted by Gasteiger charge is 2.46. The predicted octanol–water partition coefficient (Wildman–Crippen LogP) is 6.52. The van der Waals surface area contributed by atoms with Crippen LogP contribution in [0.5, 0.6) is 0 Å². The maximum Gasteiger partial charge on any atom is 0.416 e. The monoisotopic (exact) mass is 852 g/mol. The fourth-order valence-corrected chi connectivity index (χ4v) is 6.71. The number of hydrogen-bond donors (Lipinski definition) is 1. The SMILES string of the molecule is Cc1cc(C)cc(C2CC(=O)N(/C=C/C(=O)N3CC(F)(F)C3)C2)c1.Cc1cc(C2CNC(=O)C2)cc(C(F)(F)F)c1.O=C(CCI)N1CC(F)(F)C1. The van der Waals surface area contributed by atoms with Crippen LogP contribution in [-0.4, -0.2) is 93.9 Å². The molecule has 16 heteroatoms. The van der Waals surface area contributed by atoms with Crippen molar-refractivity contribution in [1.29, 1.82) is 0 Å². The van der Waals surface area contributed by atoms with Crippen LogP contribution in [0, 0.1) is 20.8 Å². The van der Waals surface area contributed by atoms with Crippen molar-refractivity contribution in [2.45, 2.75) is 69.9 Å². The molecule has 4 fully saturated rings. The van der Waals surface area contributed by atoms with Gasteiger partial charge in [0.05, 0.1) is 31.7 Å². The lowest BCUT2D eigenvalue weighted by Gasteiger charge is -2.38. The Labute approximate surface area is 310 Å². The molecule has 4 saturated heterocycles. The van der Waals surface area contributed by atoms with Crippen LogP contribution in [0.15, 0.2) is 48.7 Å². The molecule has 0 spiro atoms. The Morgan fingerprint density at radius 2 is 1.37 bits per heavy atom. The minimum absolute atomic E-state index is 0.0582. The highest BCUT2D eigenvalue weighted by Crippen LogP contribution is 2.34. The number of likely N-dealkylation sites (tertiary alicyclic amines) is 3. The Balaban J connectivity index is 0.000000188. The minimum Gasteiger partial charge on any atom is -0.355 e. The van der Waals surface area contributed by atoms with Crippen LogP contribution >= 0.6 is 22.6 Å². The van der Waals surface area contributed by atoms with Crippen LogP contribution in [-0.2, 0) is 25.4 Å². The van der Waals surface area contributed by atoms with Gasteiger partial charge in [0.2, 0.25) is 23.6 Å². The molecule has 2 aromatic rings. The molecule has 4 amide bonds. The van der Waals surface area contributed by atoms with Crippen molar-refractivity contribution in [3.05, 3.63) is 82.1 Å². The molecule has 0 bridgehead atoms. The van der Waals surface area contributed by atoms with Gasteiger partial charge in [-0.2, -0.15) is 13.2 Å². The predicted molar refractivity (Wildman–Crippen MR) is 187 cm³/mol. The fraction of sp³-hybridized carbons (Fsp3) is 0.500. The number of alkyl halides is 8. The maximum absolute atomic E-state index is 12.8. The van der Waals surface area contributed by atoms with Crippen molar-refractivity contribution in [2.24, 2.45) is 0 Å². The van der Waals surface area contributed by atoms with Crippen molar-refractivity contribution in [1.82, 2.24) is 20.0 Å². The third-order valence-corrected chi connectivity index (χ3v) is 9.35. The van der Waals surface area contributed by atoms with Gasteiger partial charge in [0, 0.05) is 60.9 Å². The lowest BCUT2D eigenvalue weighted by atomic mass is 9.94. The van der Waals surface area contributed by atoms with E-state index in [1.54, 1.807) is 13.0 Å². The second-order valence-electron chi connectivity index (χ2n) is 13.6. The van der Waals surface area contributed by atoms with E-state index in [-0.39, 0.29) is 49.1 Å². The van der Waals surface area contributed by atoms with Gasteiger partial charge in [0.1, 0.15) is 0 Å². The summed E-state index contributed by atoms with van der Waals surface area (Å²) in [6, 6.07) is 10.2. The van der Waals surface area contributed by atoms with E-state index >= 15 is 0 Å². The Bertz CT molecular complexity index is 1660. The van der Waals surface area contributed by atoms with Gasteiger partial charge in [-0.25, -0.2) is 17.6 Å². The third kappa shape index (κ3) is 11.4. The molecule has 2 aromatic carbocycles. The smallest absolute Gasteiger partial charge is 0.355 e. The van der Waals surface area contributed by atoms with Crippen LogP contribution in [0.25, 0.3) is 0 Å². The summed E-state index contributed by atoms with van der Waals surface area (Å²) in [4.78, 5) is 49.6. The Kier molecular flexibility index (Phi) is 13.1. The van der Waals surface area contributed by atoms with Crippen LogP contribution in [0.4, 0.5) is 30.7 Å². The van der Waals surface area contributed by atoms with Gasteiger partial charge in [-0.3, -0.25) is 19.2 Å². The number of nitrogens with zero attached hydrogens (tertiary/aromatic N) is 3. The summed E-state index contributed by atoms with van der Waals surface area (Å²) in [6.45, 7) is 4.72. The van der Waals surface area contributed by atoms with Crippen LogP contribution in [0.2, 0.25) is 0 Å². The molecule has 0 saturated carbocycles. The number of amides is 4. The molecule has 1 N–H and O–H groups in total. The van der Waals surface area contributed by atoms with Crippen LogP contribution in [0.1, 0.15) is 64.5 Å². The number of halogens is 8. The van der Waals surface area contributed by atoms with Gasteiger partial charge < -0.3 is 20.0 Å². The summed E-state index contributed by atoms with van der Waals surface area (Å²) >= 11 is 2.05. The van der Waals surface area contributed by atoms with Crippen molar-refractivity contribution in [3.63, 3.8) is 0 Å². The van der Waals surface area contributed by atoms with Crippen LogP contribution in [0.3, 0.4) is 0 Å². The molecule has 52 heavy (non-hydrogen) atoms. The highest BCUT2D eigenvalue weighted by molar-refractivity contribution is 14.1. The van der Waals surface area contributed by atoms with E-state index in [0.717, 1.165) is 33.7 Å². The number of carbonyl (C=O) groups is 4. The average Bonchev–Trinajstić information content (AvgIpc) is 3.62. The lowest BCUT2D eigenvalue weighted by Crippen LogP contribution is -2.58. The number of nitrogens with one attached hydrogen (secondary N) is 1. The quantitative estimate of drug-likeness (QED) is 0.155. The van der Waals surface area contributed by atoms with Gasteiger partial charge in [-0.05, 0) is 44.0 Å². The van der Waals surface area contributed by atoms with Crippen LogP contribution < -0.4 is 5.32 Å². The van der Waals surface area contributed by atoms with Crippen molar-refractivity contribution < 1.29 is 49.9 Å². The molecule has 0 aromatic heterocycles.